The van der Waals surface area contributed by atoms with Gasteiger partial charge in [-0.1, -0.05) is 22.0 Å². The molecular formula is C13H8BhBrO-. The Hall–Kier alpha value is -2.12. The van der Waals surface area contributed by atoms with Crippen molar-refractivity contribution in [2.24, 2.45) is 0 Å². The summed E-state index contributed by atoms with van der Waals surface area (Å²) in [5.41, 5.74) is 4.16. The van der Waals surface area contributed by atoms with Gasteiger partial charge in [-0.3, -0.25) is 0 Å². The molecule has 1 unspecified atom stereocenters. The zero-order valence-electron chi connectivity index (χ0n) is 8.57. The molecule has 1 N–H and O–H groups in total. The van der Waals surface area contributed by atoms with E-state index >= 15 is 0 Å². The topological polar surface area (TPSA) is 20.2 Å². The Kier molecular flexibility index (Phi) is 2.26. The van der Waals surface area contributed by atoms with Gasteiger partial charge in [0.25, 0.3) is 0 Å². The van der Waals surface area contributed by atoms with E-state index in [2.05, 4.69) is 22.0 Å². The van der Waals surface area contributed by atoms with Crippen LogP contribution < -0.4 is 0 Å². The third kappa shape index (κ3) is 1.23. The number of benzene rings is 2. The van der Waals surface area contributed by atoms with Crippen LogP contribution in [0.5, 0.6) is 0 Å². The van der Waals surface area contributed by atoms with Gasteiger partial charge in [0, 0.05) is 4.47 Å². The SMILES string of the molecule is OC1c2c[c-]ccc2-c2ccc(Br)cc21.[Bh]. The number of hydrogen-bond donors (Lipinski definition) is 1. The molecule has 0 amide bonds. The van der Waals surface area contributed by atoms with Crippen molar-refractivity contribution in [1.29, 1.82) is 0 Å². The summed E-state index contributed by atoms with van der Waals surface area (Å²) in [5.74, 6) is 0. The smallest absolute Gasteiger partial charge is 0.0613 e. The molecule has 2 aromatic rings. The van der Waals surface area contributed by atoms with Gasteiger partial charge in [0.1, 0.15) is 0 Å². The molecule has 1 aliphatic rings. The first-order valence-corrected chi connectivity index (χ1v) is 5.54. The summed E-state index contributed by atoms with van der Waals surface area (Å²) in [5, 5.41) is 10.1. The van der Waals surface area contributed by atoms with Crippen molar-refractivity contribution in [2.45, 2.75) is 6.10 Å². The average molecular weight is 530 g/mol. The third-order valence-corrected chi connectivity index (χ3v) is 3.28. The standard InChI is InChI=1S/C13H8BrO.Bh/c14-8-5-6-10-9-3-1-2-4-11(9)13(15)12(10)7-8;/h1,3-7,13,15H;/q-1;. The molecule has 2 aromatic carbocycles. The van der Waals surface area contributed by atoms with E-state index < -0.39 is 6.10 Å². The minimum absolute atomic E-state index is 0. The molecule has 76 valence electrons. The fourth-order valence-electron chi connectivity index (χ4n) is 2.09. The summed E-state index contributed by atoms with van der Waals surface area (Å²) in [6.07, 6.45) is -0.509. The fraction of sp³-hybridized carbons (Fsp3) is 0.0769. The first-order chi connectivity index (χ1) is 7.27. The number of aliphatic hydroxyl groups excluding tert-OH is 1. The van der Waals surface area contributed by atoms with Crippen molar-refractivity contribution in [3.8, 4) is 11.1 Å². The van der Waals surface area contributed by atoms with E-state index in [-0.39, 0.29) is 0 Å². The summed E-state index contributed by atoms with van der Waals surface area (Å²) in [7, 11) is 0. The van der Waals surface area contributed by atoms with Crippen LogP contribution in [-0.2, 0) is 0 Å². The summed E-state index contributed by atoms with van der Waals surface area (Å²) >= 11 is 3.42. The normalized spacial score (nSPS) is 16.2. The van der Waals surface area contributed by atoms with Gasteiger partial charge >= 0.3 is 0 Å². The van der Waals surface area contributed by atoms with E-state index in [1.807, 2.05) is 36.4 Å². The van der Waals surface area contributed by atoms with Crippen molar-refractivity contribution in [1.82, 2.24) is 0 Å². The summed E-state index contributed by atoms with van der Waals surface area (Å²) in [6, 6.07) is 14.7. The molecule has 0 aromatic heterocycles. The van der Waals surface area contributed by atoms with Gasteiger partial charge in [-0.25, -0.2) is 0 Å². The van der Waals surface area contributed by atoms with Gasteiger partial charge in [-0.15, -0.1) is 11.1 Å². The van der Waals surface area contributed by atoms with E-state index in [4.69, 9.17) is 0 Å². The Labute approximate surface area is 96.5 Å². The molecule has 0 saturated carbocycles. The van der Waals surface area contributed by atoms with Gasteiger partial charge in [0.05, 0.1) is 6.10 Å². The van der Waals surface area contributed by atoms with Gasteiger partial charge in [0.2, 0.25) is 0 Å². The fourth-order valence-corrected chi connectivity index (χ4v) is 2.47. The largest absolute Gasteiger partial charge is 0.396 e. The molecule has 1 atom stereocenters. The maximum absolute atomic E-state index is 10.1. The number of hydrogen-bond acceptors (Lipinski definition) is 1. The number of fused-ring (bicyclic) bond motifs is 3. The van der Waals surface area contributed by atoms with Gasteiger partial charge in [0.15, 0.2) is 0 Å². The number of halogens is 1. The van der Waals surface area contributed by atoms with E-state index in [1.54, 1.807) is 0 Å². The van der Waals surface area contributed by atoms with Crippen LogP contribution in [-0.4, -0.2) is 5.11 Å². The second-order valence-electron chi connectivity index (χ2n) is 3.65. The predicted molar refractivity (Wildman–Crippen MR) is 62.5 cm³/mol. The molecule has 0 fully saturated rings. The van der Waals surface area contributed by atoms with Crippen LogP contribution in [0.1, 0.15) is 17.2 Å². The zero-order chi connectivity index (χ0) is 10.4. The van der Waals surface area contributed by atoms with E-state index in [0.29, 0.717) is 0 Å². The van der Waals surface area contributed by atoms with Gasteiger partial charge in [-0.05, 0) is 23.3 Å². The molecule has 0 aliphatic heterocycles. The Morgan fingerprint density at radius 2 is 1.88 bits per heavy atom. The molecule has 1 aliphatic carbocycles. The number of aliphatic hydroxyl groups is 1. The molecule has 0 saturated heterocycles. The molecule has 3 heteroatoms. The van der Waals surface area contributed by atoms with E-state index in [0.717, 1.165) is 26.7 Å². The Morgan fingerprint density at radius 1 is 1.12 bits per heavy atom. The Bertz CT molecular complexity index is 539. The van der Waals surface area contributed by atoms with Gasteiger partial charge < -0.3 is 5.11 Å². The Balaban J connectivity index is 0.000000963. The van der Waals surface area contributed by atoms with Crippen molar-refractivity contribution in [2.75, 3.05) is 0 Å². The molecular weight excluding hydrogens is 522 g/mol. The molecule has 16 heavy (non-hydrogen) atoms. The minimum Gasteiger partial charge on any atom is -0.396 e. The monoisotopic (exact) mass is 529 g/mol. The maximum Gasteiger partial charge on any atom is 0.0613 e. The molecule has 0 heterocycles. The molecule has 0 spiro atoms. The second kappa shape index (κ2) is 3.47. The Morgan fingerprint density at radius 3 is 2.69 bits per heavy atom. The first-order valence-electron chi connectivity index (χ1n) is 4.75. The summed E-state index contributed by atoms with van der Waals surface area (Å²) in [4.78, 5) is 0. The molecule has 1 nitrogen and oxygen atoms in total. The minimum atomic E-state index is -0.509. The molecule has 0 radical (unpaired) electrons. The molecule has 3 rings (SSSR count). The summed E-state index contributed by atoms with van der Waals surface area (Å²) in [6.45, 7) is 0. The first kappa shape index (κ1) is 10.4. The summed E-state index contributed by atoms with van der Waals surface area (Å²) < 4.78 is 0.997. The van der Waals surface area contributed by atoms with Crippen LogP contribution in [0.15, 0.2) is 40.9 Å². The third-order valence-electron chi connectivity index (χ3n) is 2.79. The van der Waals surface area contributed by atoms with E-state index in [9.17, 15) is 5.11 Å². The zero-order valence-corrected chi connectivity index (χ0v) is 16.7. The van der Waals surface area contributed by atoms with E-state index in [1.165, 1.54) is 0 Å². The quantitative estimate of drug-likeness (QED) is 0.519. The van der Waals surface area contributed by atoms with Crippen LogP contribution in [0.25, 0.3) is 11.1 Å². The average Bonchev–Trinajstić information content (AvgIpc) is 2.54. The van der Waals surface area contributed by atoms with Crippen molar-refractivity contribution >= 4 is 15.9 Å². The van der Waals surface area contributed by atoms with Crippen molar-refractivity contribution in [3.63, 3.8) is 0 Å². The van der Waals surface area contributed by atoms with Crippen LogP contribution in [0.4, 0.5) is 0 Å². The second-order valence-corrected chi connectivity index (χ2v) is 4.56. The predicted octanol–water partition coefficient (Wildman–Crippen LogP) is 3.31. The maximum atomic E-state index is 10.1. The van der Waals surface area contributed by atoms with Crippen LogP contribution in [0, 0.1) is 6.07 Å². The van der Waals surface area contributed by atoms with Crippen molar-refractivity contribution in [3.05, 3.63) is 58.1 Å². The number of rotatable bonds is 0. The van der Waals surface area contributed by atoms with Crippen LogP contribution >= 0.6 is 15.9 Å². The van der Waals surface area contributed by atoms with Gasteiger partial charge in [-0.2, -0.15) is 24.3 Å². The van der Waals surface area contributed by atoms with Crippen molar-refractivity contribution < 1.29 is 5.11 Å². The van der Waals surface area contributed by atoms with Crippen LogP contribution in [0.3, 0.4) is 0 Å². The van der Waals surface area contributed by atoms with Crippen LogP contribution in [0.2, 0.25) is 0 Å². The molecule has 0 bridgehead atoms.